The Bertz CT molecular complexity index is 287. The second kappa shape index (κ2) is 5.62. The summed E-state index contributed by atoms with van der Waals surface area (Å²) in [5.74, 6) is -0.0776. The Kier molecular flexibility index (Phi) is 5.20. The van der Waals surface area contributed by atoms with Gasteiger partial charge in [0.15, 0.2) is 0 Å². The molecular formula is C10H15ClN2O. The summed E-state index contributed by atoms with van der Waals surface area (Å²) in [6, 6.07) is 8.81. The normalized spacial score (nSPS) is 11.4. The fourth-order valence-corrected chi connectivity index (χ4v) is 1.08. The van der Waals surface area contributed by atoms with Crippen LogP contribution in [-0.4, -0.2) is 24.9 Å². The Morgan fingerprint density at radius 2 is 1.79 bits per heavy atom. The van der Waals surface area contributed by atoms with Gasteiger partial charge in [0.2, 0.25) is 5.91 Å². The summed E-state index contributed by atoms with van der Waals surface area (Å²) >= 11 is 0. The number of carbonyl (C=O) groups excluding carboxylic acids is 1. The third-order valence-electron chi connectivity index (χ3n) is 1.87. The highest BCUT2D eigenvalue weighted by molar-refractivity contribution is 5.85. The lowest BCUT2D eigenvalue weighted by atomic mass is 10.1. The van der Waals surface area contributed by atoms with Crippen molar-refractivity contribution in [2.24, 2.45) is 5.73 Å². The van der Waals surface area contributed by atoms with Gasteiger partial charge in [-0.1, -0.05) is 30.3 Å². The van der Waals surface area contributed by atoms with E-state index in [0.717, 1.165) is 5.56 Å². The number of nitrogens with zero attached hydrogens (tertiary/aromatic N) is 1. The predicted molar refractivity (Wildman–Crippen MR) is 59.3 cm³/mol. The zero-order valence-corrected chi connectivity index (χ0v) is 9.12. The van der Waals surface area contributed by atoms with Crippen molar-refractivity contribution in [3.05, 3.63) is 35.9 Å². The van der Waals surface area contributed by atoms with Crippen molar-refractivity contribution in [1.82, 2.24) is 4.90 Å². The molecule has 0 aliphatic rings. The molecule has 1 aromatic rings. The van der Waals surface area contributed by atoms with Crippen LogP contribution in [0, 0.1) is 0 Å². The number of rotatable bonds is 2. The molecule has 0 aromatic heterocycles. The van der Waals surface area contributed by atoms with Gasteiger partial charge in [-0.05, 0) is 5.56 Å². The van der Waals surface area contributed by atoms with Crippen LogP contribution in [0.25, 0.3) is 0 Å². The second-order valence-electron chi connectivity index (χ2n) is 3.12. The highest BCUT2D eigenvalue weighted by Gasteiger charge is 2.16. The number of hydrogen-bond donors (Lipinski definition) is 1. The van der Waals surface area contributed by atoms with Crippen LogP contribution in [0.15, 0.2) is 30.3 Å². The van der Waals surface area contributed by atoms with Gasteiger partial charge < -0.3 is 10.6 Å². The number of amides is 1. The van der Waals surface area contributed by atoms with Crippen LogP contribution < -0.4 is 5.73 Å². The topological polar surface area (TPSA) is 46.3 Å². The number of likely N-dealkylation sites (N-methyl/N-ethyl adjacent to an activating group) is 1. The van der Waals surface area contributed by atoms with Crippen LogP contribution in [0.3, 0.4) is 0 Å². The maximum absolute atomic E-state index is 11.4. The molecule has 1 rings (SSSR count). The van der Waals surface area contributed by atoms with E-state index in [9.17, 15) is 4.79 Å². The highest BCUT2D eigenvalue weighted by Crippen LogP contribution is 2.10. The van der Waals surface area contributed by atoms with Crippen molar-refractivity contribution in [3.8, 4) is 0 Å². The Labute approximate surface area is 90.3 Å². The molecule has 0 saturated carbocycles. The number of benzene rings is 1. The molecule has 2 N–H and O–H groups in total. The summed E-state index contributed by atoms with van der Waals surface area (Å²) < 4.78 is 0. The number of hydrogen-bond acceptors (Lipinski definition) is 2. The molecular weight excluding hydrogens is 200 g/mol. The summed E-state index contributed by atoms with van der Waals surface area (Å²) in [7, 11) is 3.40. The van der Waals surface area contributed by atoms with Gasteiger partial charge in [-0.3, -0.25) is 4.79 Å². The maximum atomic E-state index is 11.4. The molecule has 1 atom stereocenters. The fraction of sp³-hybridized carbons (Fsp3) is 0.300. The molecule has 14 heavy (non-hydrogen) atoms. The van der Waals surface area contributed by atoms with Crippen LogP contribution in [0.1, 0.15) is 11.6 Å². The highest BCUT2D eigenvalue weighted by atomic mass is 35.5. The van der Waals surface area contributed by atoms with Crippen molar-refractivity contribution in [3.63, 3.8) is 0 Å². The van der Waals surface area contributed by atoms with Gasteiger partial charge in [0.25, 0.3) is 0 Å². The van der Waals surface area contributed by atoms with Crippen LogP contribution in [0.2, 0.25) is 0 Å². The van der Waals surface area contributed by atoms with E-state index >= 15 is 0 Å². The molecule has 0 unspecified atom stereocenters. The van der Waals surface area contributed by atoms with Crippen LogP contribution >= 0.6 is 12.4 Å². The molecule has 0 saturated heterocycles. The van der Waals surface area contributed by atoms with E-state index in [-0.39, 0.29) is 18.3 Å². The van der Waals surface area contributed by atoms with Gasteiger partial charge in [0, 0.05) is 14.1 Å². The SMILES string of the molecule is CN(C)C(=O)[C@@H](N)c1ccccc1.Cl. The van der Waals surface area contributed by atoms with E-state index in [4.69, 9.17) is 5.73 Å². The maximum Gasteiger partial charge on any atom is 0.243 e. The lowest BCUT2D eigenvalue weighted by Crippen LogP contribution is -2.33. The number of halogens is 1. The van der Waals surface area contributed by atoms with Gasteiger partial charge in [-0.25, -0.2) is 0 Å². The van der Waals surface area contributed by atoms with E-state index in [1.807, 2.05) is 30.3 Å². The summed E-state index contributed by atoms with van der Waals surface area (Å²) in [5.41, 5.74) is 6.60. The molecule has 0 aliphatic carbocycles. The largest absolute Gasteiger partial charge is 0.347 e. The third-order valence-corrected chi connectivity index (χ3v) is 1.87. The second-order valence-corrected chi connectivity index (χ2v) is 3.12. The Morgan fingerprint density at radius 1 is 1.29 bits per heavy atom. The van der Waals surface area contributed by atoms with Crippen molar-refractivity contribution in [2.75, 3.05) is 14.1 Å². The lowest BCUT2D eigenvalue weighted by molar-refractivity contribution is -0.130. The molecule has 0 spiro atoms. The standard InChI is InChI=1S/C10H14N2O.ClH/c1-12(2)10(13)9(11)8-6-4-3-5-7-8;/h3-7,9H,11H2,1-2H3;1H/t9-;/m0./s1. The average molecular weight is 215 g/mol. The Balaban J connectivity index is 0.00000169. The van der Waals surface area contributed by atoms with Crippen molar-refractivity contribution >= 4 is 18.3 Å². The predicted octanol–water partition coefficient (Wildman–Crippen LogP) is 1.20. The molecule has 78 valence electrons. The summed E-state index contributed by atoms with van der Waals surface area (Å²) in [6.45, 7) is 0. The number of nitrogens with two attached hydrogens (primary N) is 1. The van der Waals surface area contributed by atoms with Gasteiger partial charge in [-0.15, -0.1) is 12.4 Å². The summed E-state index contributed by atoms with van der Waals surface area (Å²) in [6.07, 6.45) is 0. The van der Waals surface area contributed by atoms with Crippen LogP contribution in [0.5, 0.6) is 0 Å². The minimum Gasteiger partial charge on any atom is -0.347 e. The van der Waals surface area contributed by atoms with E-state index in [0.29, 0.717) is 0 Å². The van der Waals surface area contributed by atoms with Gasteiger partial charge in [-0.2, -0.15) is 0 Å². The van der Waals surface area contributed by atoms with Gasteiger partial charge in [0.05, 0.1) is 0 Å². The van der Waals surface area contributed by atoms with Crippen molar-refractivity contribution < 1.29 is 4.79 Å². The van der Waals surface area contributed by atoms with Crippen LogP contribution in [0.4, 0.5) is 0 Å². The molecule has 0 fully saturated rings. The van der Waals surface area contributed by atoms with E-state index < -0.39 is 6.04 Å². The first kappa shape index (κ1) is 12.9. The zero-order chi connectivity index (χ0) is 9.84. The minimum absolute atomic E-state index is 0. The summed E-state index contributed by atoms with van der Waals surface area (Å²) in [5, 5.41) is 0. The first-order chi connectivity index (χ1) is 6.13. The Hall–Kier alpha value is -1.06. The lowest BCUT2D eigenvalue weighted by Gasteiger charge is -2.16. The van der Waals surface area contributed by atoms with Crippen molar-refractivity contribution in [1.29, 1.82) is 0 Å². The Morgan fingerprint density at radius 3 is 2.21 bits per heavy atom. The fourth-order valence-electron chi connectivity index (χ4n) is 1.08. The number of carbonyl (C=O) groups is 1. The minimum atomic E-state index is -0.545. The van der Waals surface area contributed by atoms with E-state index in [1.54, 1.807) is 14.1 Å². The first-order valence-corrected chi connectivity index (χ1v) is 4.14. The third kappa shape index (κ3) is 3.01. The molecule has 1 aromatic carbocycles. The quantitative estimate of drug-likeness (QED) is 0.804. The molecule has 1 amide bonds. The molecule has 0 radical (unpaired) electrons. The smallest absolute Gasteiger partial charge is 0.243 e. The molecule has 0 aliphatic heterocycles. The summed E-state index contributed by atoms with van der Waals surface area (Å²) in [4.78, 5) is 12.9. The van der Waals surface area contributed by atoms with E-state index in [2.05, 4.69) is 0 Å². The van der Waals surface area contributed by atoms with Gasteiger partial charge in [0.1, 0.15) is 6.04 Å². The molecule has 0 bridgehead atoms. The van der Waals surface area contributed by atoms with Crippen molar-refractivity contribution in [2.45, 2.75) is 6.04 Å². The molecule has 3 nitrogen and oxygen atoms in total. The zero-order valence-electron chi connectivity index (χ0n) is 8.31. The van der Waals surface area contributed by atoms with E-state index in [1.165, 1.54) is 4.90 Å². The molecule has 0 heterocycles. The average Bonchev–Trinajstić information content (AvgIpc) is 2.17. The van der Waals surface area contributed by atoms with Gasteiger partial charge >= 0.3 is 0 Å². The molecule has 4 heteroatoms. The monoisotopic (exact) mass is 214 g/mol. The van der Waals surface area contributed by atoms with Crippen LogP contribution in [-0.2, 0) is 4.79 Å². The first-order valence-electron chi connectivity index (χ1n) is 4.14.